The lowest BCUT2D eigenvalue weighted by molar-refractivity contribution is 0.0963. The third-order valence-electron chi connectivity index (χ3n) is 2.48. The molecule has 0 fully saturated rings. The Morgan fingerprint density at radius 1 is 1.37 bits per heavy atom. The van der Waals surface area contributed by atoms with Crippen LogP contribution in [0.3, 0.4) is 0 Å². The summed E-state index contributed by atoms with van der Waals surface area (Å²) >= 11 is 0. The molecular weight excluding hydrogens is 268 g/mol. The summed E-state index contributed by atoms with van der Waals surface area (Å²) in [4.78, 5) is 11.5. The van der Waals surface area contributed by atoms with Gasteiger partial charge in [0.05, 0.1) is 7.11 Å². The number of benzene rings is 1. The topological polar surface area (TPSA) is 84.5 Å². The zero-order chi connectivity index (χ0) is 14.5. The lowest BCUT2D eigenvalue weighted by Crippen LogP contribution is -2.25. The number of carbonyl (C=O) groups is 1. The van der Waals surface area contributed by atoms with Gasteiger partial charge in [-0.05, 0) is 24.6 Å². The van der Waals surface area contributed by atoms with Crippen LogP contribution in [-0.4, -0.2) is 35.0 Å². The molecule has 0 unspecified atom stereocenters. The van der Waals surface area contributed by atoms with Gasteiger partial charge in [0, 0.05) is 19.2 Å². The highest BCUT2D eigenvalue weighted by molar-refractivity contribution is 7.89. The second kappa shape index (κ2) is 6.53. The van der Waals surface area contributed by atoms with Crippen LogP contribution in [0.25, 0.3) is 0 Å². The summed E-state index contributed by atoms with van der Waals surface area (Å²) in [7, 11) is -0.820. The van der Waals surface area contributed by atoms with Crippen molar-refractivity contribution in [2.24, 2.45) is 0 Å². The number of carbonyl (C=O) groups excluding carboxylic acids is 1. The monoisotopic (exact) mass is 286 g/mol. The summed E-state index contributed by atoms with van der Waals surface area (Å²) < 4.78 is 31.7. The van der Waals surface area contributed by atoms with E-state index in [2.05, 4.69) is 10.0 Å². The number of ether oxygens (including phenoxy) is 1. The molecule has 0 atom stereocenters. The molecule has 106 valence electrons. The van der Waals surface area contributed by atoms with Gasteiger partial charge in [-0.3, -0.25) is 4.79 Å². The highest BCUT2D eigenvalue weighted by Gasteiger charge is 2.20. The minimum absolute atomic E-state index is 0.0375. The first-order valence-electron chi connectivity index (χ1n) is 5.86. The number of sulfonamides is 1. The fraction of sp³-hybridized carbons (Fsp3) is 0.417. The second-order valence-corrected chi connectivity index (χ2v) is 5.58. The number of amides is 1. The molecule has 0 heterocycles. The Labute approximate surface area is 113 Å². The van der Waals surface area contributed by atoms with E-state index in [-0.39, 0.29) is 22.1 Å². The first-order valence-corrected chi connectivity index (χ1v) is 7.34. The molecule has 2 N–H and O–H groups in total. The van der Waals surface area contributed by atoms with E-state index in [0.29, 0.717) is 13.0 Å². The Bertz CT molecular complexity index is 555. The van der Waals surface area contributed by atoms with Crippen LogP contribution in [0.1, 0.15) is 23.7 Å². The number of hydrogen-bond acceptors (Lipinski definition) is 4. The molecule has 0 aliphatic carbocycles. The maximum absolute atomic E-state index is 12.1. The Morgan fingerprint density at radius 3 is 2.58 bits per heavy atom. The van der Waals surface area contributed by atoms with Crippen molar-refractivity contribution in [3.05, 3.63) is 23.8 Å². The van der Waals surface area contributed by atoms with Crippen molar-refractivity contribution in [2.45, 2.75) is 18.2 Å². The van der Waals surface area contributed by atoms with Crippen LogP contribution in [0.2, 0.25) is 0 Å². The fourth-order valence-electron chi connectivity index (χ4n) is 1.49. The van der Waals surface area contributed by atoms with Crippen LogP contribution < -0.4 is 14.8 Å². The smallest absolute Gasteiger partial charge is 0.251 e. The molecule has 0 aromatic heterocycles. The van der Waals surface area contributed by atoms with E-state index < -0.39 is 10.0 Å². The summed E-state index contributed by atoms with van der Waals surface area (Å²) in [5, 5.41) is 2.45. The second-order valence-electron chi connectivity index (χ2n) is 3.84. The predicted octanol–water partition coefficient (Wildman–Crippen LogP) is 0.743. The van der Waals surface area contributed by atoms with Crippen LogP contribution in [0, 0.1) is 0 Å². The number of methoxy groups -OCH3 is 1. The van der Waals surface area contributed by atoms with Crippen LogP contribution in [0.5, 0.6) is 5.75 Å². The van der Waals surface area contributed by atoms with Crippen LogP contribution in [0.15, 0.2) is 23.1 Å². The molecular formula is C12H18N2O4S. The van der Waals surface area contributed by atoms with Gasteiger partial charge in [0.2, 0.25) is 10.0 Å². The molecule has 0 spiro atoms. The van der Waals surface area contributed by atoms with Gasteiger partial charge in [0.15, 0.2) is 0 Å². The highest BCUT2D eigenvalue weighted by Crippen LogP contribution is 2.24. The minimum atomic E-state index is -3.68. The number of nitrogens with one attached hydrogen (secondary N) is 2. The minimum Gasteiger partial charge on any atom is -0.495 e. The van der Waals surface area contributed by atoms with Crippen molar-refractivity contribution < 1.29 is 17.9 Å². The largest absolute Gasteiger partial charge is 0.495 e. The maximum atomic E-state index is 12.1. The van der Waals surface area contributed by atoms with Gasteiger partial charge in [-0.25, -0.2) is 13.1 Å². The van der Waals surface area contributed by atoms with Crippen molar-refractivity contribution in [1.82, 2.24) is 10.0 Å². The van der Waals surface area contributed by atoms with E-state index in [1.807, 2.05) is 6.92 Å². The van der Waals surface area contributed by atoms with E-state index in [1.165, 1.54) is 32.4 Å². The molecule has 1 rings (SSSR count). The lowest BCUT2D eigenvalue weighted by atomic mass is 10.2. The SMILES string of the molecule is CCCNS(=O)(=O)c1cc(C(=O)NC)ccc1OC. The van der Waals surface area contributed by atoms with E-state index in [1.54, 1.807) is 0 Å². The molecule has 0 saturated heterocycles. The predicted molar refractivity (Wildman–Crippen MR) is 71.9 cm³/mol. The van der Waals surface area contributed by atoms with Crippen LogP contribution in [0.4, 0.5) is 0 Å². The van der Waals surface area contributed by atoms with Crippen molar-refractivity contribution in [3.63, 3.8) is 0 Å². The van der Waals surface area contributed by atoms with E-state index in [0.717, 1.165) is 0 Å². The Balaban J connectivity index is 3.26. The molecule has 6 nitrogen and oxygen atoms in total. The fourth-order valence-corrected chi connectivity index (χ4v) is 2.81. The average Bonchev–Trinajstić information content (AvgIpc) is 2.43. The lowest BCUT2D eigenvalue weighted by Gasteiger charge is -2.11. The zero-order valence-electron chi connectivity index (χ0n) is 11.2. The van der Waals surface area contributed by atoms with Crippen molar-refractivity contribution in [3.8, 4) is 5.75 Å². The number of rotatable bonds is 6. The quantitative estimate of drug-likeness (QED) is 0.808. The highest BCUT2D eigenvalue weighted by atomic mass is 32.2. The molecule has 0 aliphatic heterocycles. The summed E-state index contributed by atoms with van der Waals surface area (Å²) in [6.07, 6.45) is 0.677. The average molecular weight is 286 g/mol. The Kier molecular flexibility index (Phi) is 5.31. The van der Waals surface area contributed by atoms with Gasteiger partial charge in [0.1, 0.15) is 10.6 Å². The van der Waals surface area contributed by atoms with Crippen LogP contribution in [-0.2, 0) is 10.0 Å². The van der Waals surface area contributed by atoms with Gasteiger partial charge in [-0.2, -0.15) is 0 Å². The third kappa shape index (κ3) is 3.68. The molecule has 1 aromatic carbocycles. The van der Waals surface area contributed by atoms with Crippen molar-refractivity contribution in [2.75, 3.05) is 20.7 Å². The Hall–Kier alpha value is -1.60. The molecule has 1 amide bonds. The van der Waals surface area contributed by atoms with E-state index in [4.69, 9.17) is 4.74 Å². The summed E-state index contributed by atoms with van der Waals surface area (Å²) in [5.74, 6) is -0.147. The maximum Gasteiger partial charge on any atom is 0.251 e. The van der Waals surface area contributed by atoms with Gasteiger partial charge >= 0.3 is 0 Å². The van der Waals surface area contributed by atoms with Crippen molar-refractivity contribution >= 4 is 15.9 Å². The van der Waals surface area contributed by atoms with Crippen molar-refractivity contribution in [1.29, 1.82) is 0 Å². The standard InChI is InChI=1S/C12H18N2O4S/c1-4-7-14-19(16,17)11-8-9(12(15)13-2)5-6-10(11)18-3/h5-6,8,14H,4,7H2,1-3H3,(H,13,15). The third-order valence-corrected chi connectivity index (χ3v) is 3.97. The molecule has 19 heavy (non-hydrogen) atoms. The van der Waals surface area contributed by atoms with Gasteiger partial charge < -0.3 is 10.1 Å². The molecule has 0 aliphatic rings. The Morgan fingerprint density at radius 2 is 2.05 bits per heavy atom. The van der Waals surface area contributed by atoms with Gasteiger partial charge in [-0.1, -0.05) is 6.92 Å². The molecule has 0 bridgehead atoms. The summed E-state index contributed by atoms with van der Waals surface area (Å²) in [5.41, 5.74) is 0.264. The molecule has 1 aromatic rings. The van der Waals surface area contributed by atoms with E-state index in [9.17, 15) is 13.2 Å². The first-order chi connectivity index (χ1) is 8.96. The van der Waals surface area contributed by atoms with Gasteiger partial charge in [0.25, 0.3) is 5.91 Å². The normalized spacial score (nSPS) is 11.1. The summed E-state index contributed by atoms with van der Waals surface area (Å²) in [6, 6.07) is 4.28. The van der Waals surface area contributed by atoms with Gasteiger partial charge in [-0.15, -0.1) is 0 Å². The number of hydrogen-bond donors (Lipinski definition) is 2. The molecule has 0 radical (unpaired) electrons. The zero-order valence-corrected chi connectivity index (χ0v) is 12.0. The molecule has 0 saturated carbocycles. The first kappa shape index (κ1) is 15.5. The van der Waals surface area contributed by atoms with Crippen LogP contribution >= 0.6 is 0 Å². The molecule has 7 heteroatoms. The van der Waals surface area contributed by atoms with E-state index >= 15 is 0 Å². The summed E-state index contributed by atoms with van der Waals surface area (Å²) in [6.45, 7) is 2.19.